The van der Waals surface area contributed by atoms with E-state index in [1.54, 1.807) is 18.3 Å². The van der Waals surface area contributed by atoms with E-state index in [1.165, 1.54) is 6.26 Å². The summed E-state index contributed by atoms with van der Waals surface area (Å²) in [5.41, 5.74) is 2.64. The van der Waals surface area contributed by atoms with Gasteiger partial charge in [-0.2, -0.15) is 0 Å². The van der Waals surface area contributed by atoms with Gasteiger partial charge in [-0.25, -0.2) is 0 Å². The summed E-state index contributed by atoms with van der Waals surface area (Å²) >= 11 is 0. The van der Waals surface area contributed by atoms with Crippen LogP contribution in [0.25, 0.3) is 0 Å². The van der Waals surface area contributed by atoms with Gasteiger partial charge in [-0.1, -0.05) is 22.9 Å². The zero-order valence-corrected chi connectivity index (χ0v) is 8.93. The molecule has 0 aliphatic rings. The zero-order valence-electron chi connectivity index (χ0n) is 8.93. The second kappa shape index (κ2) is 4.61. The summed E-state index contributed by atoms with van der Waals surface area (Å²) in [7, 11) is 0. The Morgan fingerprint density at radius 3 is 2.75 bits per heavy atom. The molecule has 0 unspecified atom stereocenters. The number of amides is 1. The Morgan fingerprint density at radius 1 is 1.38 bits per heavy atom. The van der Waals surface area contributed by atoms with Crippen LogP contribution in [0, 0.1) is 6.92 Å². The minimum atomic E-state index is -0.0961. The number of hydrogen-bond donors (Lipinski definition) is 1. The summed E-state index contributed by atoms with van der Waals surface area (Å²) in [6.45, 7) is 2.41. The van der Waals surface area contributed by atoms with E-state index in [1.807, 2.05) is 19.1 Å². The summed E-state index contributed by atoms with van der Waals surface area (Å²) in [6.07, 6.45) is 3.09. The highest BCUT2D eigenvalue weighted by Crippen LogP contribution is 2.03. The highest BCUT2D eigenvalue weighted by atomic mass is 16.5. The number of nitrogens with zero attached hydrogens (tertiary/aromatic N) is 1. The van der Waals surface area contributed by atoms with Crippen molar-refractivity contribution < 1.29 is 9.32 Å². The van der Waals surface area contributed by atoms with Gasteiger partial charge in [0.2, 0.25) is 0 Å². The van der Waals surface area contributed by atoms with Crippen molar-refractivity contribution >= 4 is 5.91 Å². The van der Waals surface area contributed by atoms with Crippen molar-refractivity contribution in [3.8, 4) is 0 Å². The first kappa shape index (κ1) is 10.4. The van der Waals surface area contributed by atoms with Gasteiger partial charge in [0.1, 0.15) is 6.26 Å². The summed E-state index contributed by atoms with van der Waals surface area (Å²) in [6, 6.07) is 7.43. The van der Waals surface area contributed by atoms with Crippen LogP contribution in [-0.2, 0) is 6.54 Å². The largest absolute Gasteiger partial charge is 0.364 e. The predicted octanol–water partition coefficient (Wildman–Crippen LogP) is 1.91. The minimum Gasteiger partial charge on any atom is -0.364 e. The fourth-order valence-electron chi connectivity index (χ4n) is 1.30. The number of nitrogens with one attached hydrogen (secondary N) is 1. The van der Waals surface area contributed by atoms with Crippen LogP contribution >= 0.6 is 0 Å². The van der Waals surface area contributed by atoms with E-state index in [4.69, 9.17) is 0 Å². The van der Waals surface area contributed by atoms with Crippen LogP contribution in [0.5, 0.6) is 0 Å². The minimum absolute atomic E-state index is 0.0961. The van der Waals surface area contributed by atoms with E-state index in [-0.39, 0.29) is 5.91 Å². The van der Waals surface area contributed by atoms with Crippen LogP contribution in [0.2, 0.25) is 0 Å². The smallest absolute Gasteiger partial charge is 0.251 e. The molecule has 1 aromatic carbocycles. The van der Waals surface area contributed by atoms with E-state index in [0.717, 1.165) is 11.1 Å². The first-order valence-corrected chi connectivity index (χ1v) is 4.99. The van der Waals surface area contributed by atoms with Crippen molar-refractivity contribution in [1.29, 1.82) is 0 Å². The van der Waals surface area contributed by atoms with Gasteiger partial charge in [-0.15, -0.1) is 0 Å². The average molecular weight is 216 g/mol. The molecule has 4 nitrogen and oxygen atoms in total. The average Bonchev–Trinajstić information content (AvgIpc) is 2.80. The van der Waals surface area contributed by atoms with Crippen molar-refractivity contribution in [2.45, 2.75) is 13.5 Å². The Kier molecular flexibility index (Phi) is 3.00. The summed E-state index contributed by atoms with van der Waals surface area (Å²) in [5.74, 6) is -0.0961. The van der Waals surface area contributed by atoms with E-state index in [9.17, 15) is 4.79 Å². The van der Waals surface area contributed by atoms with Crippen LogP contribution in [0.1, 0.15) is 21.5 Å². The second-order valence-corrected chi connectivity index (χ2v) is 3.58. The predicted molar refractivity (Wildman–Crippen MR) is 58.9 cm³/mol. The molecular weight excluding hydrogens is 204 g/mol. The molecule has 0 radical (unpaired) electrons. The Labute approximate surface area is 93.3 Å². The molecule has 0 bridgehead atoms. The Hall–Kier alpha value is -2.10. The molecule has 0 aliphatic carbocycles. The van der Waals surface area contributed by atoms with Crippen molar-refractivity contribution in [2.75, 3.05) is 0 Å². The molecule has 0 fully saturated rings. The molecule has 1 amide bonds. The van der Waals surface area contributed by atoms with E-state index >= 15 is 0 Å². The topological polar surface area (TPSA) is 55.1 Å². The lowest BCUT2D eigenvalue weighted by Gasteiger charge is -2.03. The molecule has 0 saturated heterocycles. The van der Waals surface area contributed by atoms with Crippen LogP contribution < -0.4 is 5.32 Å². The molecule has 1 N–H and O–H groups in total. The highest BCUT2D eigenvalue weighted by molar-refractivity contribution is 5.94. The molecule has 0 saturated carbocycles. The van der Waals surface area contributed by atoms with E-state index in [2.05, 4.69) is 15.0 Å². The SMILES string of the molecule is Cc1ccc(C(=O)NCc2cnoc2)cc1. The molecule has 82 valence electrons. The van der Waals surface area contributed by atoms with Gasteiger partial charge in [-0.3, -0.25) is 4.79 Å². The third-order valence-corrected chi connectivity index (χ3v) is 2.25. The second-order valence-electron chi connectivity index (χ2n) is 3.58. The molecular formula is C12H12N2O2. The quantitative estimate of drug-likeness (QED) is 0.852. The van der Waals surface area contributed by atoms with Crippen molar-refractivity contribution in [1.82, 2.24) is 10.5 Å². The fraction of sp³-hybridized carbons (Fsp3) is 0.167. The number of carbonyl (C=O) groups is 1. The monoisotopic (exact) mass is 216 g/mol. The third-order valence-electron chi connectivity index (χ3n) is 2.25. The lowest BCUT2D eigenvalue weighted by Crippen LogP contribution is -2.22. The number of rotatable bonds is 3. The number of aryl methyl sites for hydroxylation is 1. The molecule has 2 rings (SSSR count). The van der Waals surface area contributed by atoms with Crippen LogP contribution in [0.3, 0.4) is 0 Å². The van der Waals surface area contributed by atoms with Gasteiger partial charge in [0.25, 0.3) is 5.91 Å². The molecule has 0 spiro atoms. The fourth-order valence-corrected chi connectivity index (χ4v) is 1.30. The van der Waals surface area contributed by atoms with Crippen LogP contribution in [0.15, 0.2) is 41.2 Å². The first-order valence-electron chi connectivity index (χ1n) is 4.99. The molecule has 1 aromatic heterocycles. The molecule has 0 atom stereocenters. The Morgan fingerprint density at radius 2 is 2.12 bits per heavy atom. The molecule has 16 heavy (non-hydrogen) atoms. The number of carbonyl (C=O) groups excluding carboxylic acids is 1. The Balaban J connectivity index is 1.95. The Bertz CT molecular complexity index is 460. The van der Waals surface area contributed by atoms with Crippen molar-refractivity contribution in [3.05, 3.63) is 53.4 Å². The maximum atomic E-state index is 11.7. The van der Waals surface area contributed by atoms with Gasteiger partial charge in [-0.05, 0) is 19.1 Å². The third kappa shape index (κ3) is 2.48. The van der Waals surface area contributed by atoms with E-state index < -0.39 is 0 Å². The maximum Gasteiger partial charge on any atom is 0.251 e. The van der Waals surface area contributed by atoms with Crippen LogP contribution in [-0.4, -0.2) is 11.1 Å². The number of hydrogen-bond acceptors (Lipinski definition) is 3. The maximum absolute atomic E-state index is 11.7. The highest BCUT2D eigenvalue weighted by Gasteiger charge is 2.04. The van der Waals surface area contributed by atoms with E-state index in [0.29, 0.717) is 12.1 Å². The lowest BCUT2D eigenvalue weighted by molar-refractivity contribution is 0.0951. The van der Waals surface area contributed by atoms with Gasteiger partial charge >= 0.3 is 0 Å². The number of benzene rings is 1. The van der Waals surface area contributed by atoms with Crippen molar-refractivity contribution in [3.63, 3.8) is 0 Å². The number of aromatic nitrogens is 1. The summed E-state index contributed by atoms with van der Waals surface area (Å²) in [5, 5.41) is 6.34. The molecule has 0 aliphatic heterocycles. The molecule has 1 heterocycles. The lowest BCUT2D eigenvalue weighted by atomic mass is 10.1. The van der Waals surface area contributed by atoms with Gasteiger partial charge in [0, 0.05) is 17.7 Å². The van der Waals surface area contributed by atoms with Gasteiger partial charge in [0.05, 0.1) is 6.20 Å². The van der Waals surface area contributed by atoms with Crippen molar-refractivity contribution in [2.24, 2.45) is 0 Å². The molecule has 2 aromatic rings. The molecule has 4 heteroatoms. The normalized spacial score (nSPS) is 10.1. The summed E-state index contributed by atoms with van der Waals surface area (Å²) in [4.78, 5) is 11.7. The summed E-state index contributed by atoms with van der Waals surface area (Å²) < 4.78 is 4.67. The van der Waals surface area contributed by atoms with Gasteiger partial charge in [0.15, 0.2) is 0 Å². The standard InChI is InChI=1S/C12H12N2O2/c1-9-2-4-11(5-3-9)12(15)13-6-10-7-14-16-8-10/h2-5,7-8H,6H2,1H3,(H,13,15). The first-order chi connectivity index (χ1) is 7.75. The van der Waals surface area contributed by atoms with Gasteiger partial charge < -0.3 is 9.84 Å². The van der Waals surface area contributed by atoms with Crippen LogP contribution in [0.4, 0.5) is 0 Å². The zero-order chi connectivity index (χ0) is 11.4.